The monoisotopic (exact) mass is 222 g/mol. The normalized spacial score (nSPS) is 20.7. The Hall–Kier alpha value is -1.20. The van der Waals surface area contributed by atoms with Crippen LogP contribution in [0.5, 0.6) is 5.88 Å². The van der Waals surface area contributed by atoms with Crippen molar-refractivity contribution in [2.24, 2.45) is 0 Å². The van der Waals surface area contributed by atoms with E-state index < -0.39 is 0 Å². The molecular weight excluding hydrogens is 204 g/mol. The maximum absolute atomic E-state index is 5.16. The molecule has 1 fully saturated rings. The quantitative estimate of drug-likeness (QED) is 0.768. The van der Waals surface area contributed by atoms with Crippen LogP contribution >= 0.6 is 0 Å². The second kappa shape index (κ2) is 5.77. The van der Waals surface area contributed by atoms with E-state index in [-0.39, 0.29) is 0 Å². The van der Waals surface area contributed by atoms with Gasteiger partial charge in [-0.15, -0.1) is 0 Å². The van der Waals surface area contributed by atoms with Crippen LogP contribution in [0, 0.1) is 0 Å². The first kappa shape index (κ1) is 11.3. The van der Waals surface area contributed by atoms with E-state index in [9.17, 15) is 0 Å². The molecule has 1 aromatic rings. The SMILES string of the molecule is COc1nccnc1CN[C@H]1CCCNC1. The summed E-state index contributed by atoms with van der Waals surface area (Å²) in [5.74, 6) is 0.610. The average Bonchev–Trinajstić information content (AvgIpc) is 2.38. The molecule has 0 bridgehead atoms. The summed E-state index contributed by atoms with van der Waals surface area (Å²) in [6.07, 6.45) is 5.79. The maximum atomic E-state index is 5.16. The minimum absolute atomic E-state index is 0.528. The fraction of sp³-hybridized carbons (Fsp3) is 0.636. The Labute approximate surface area is 95.6 Å². The van der Waals surface area contributed by atoms with E-state index in [1.54, 1.807) is 19.5 Å². The molecule has 0 aliphatic carbocycles. The second-order valence-electron chi connectivity index (χ2n) is 3.94. The summed E-state index contributed by atoms with van der Waals surface area (Å²) in [6.45, 7) is 2.87. The number of piperidine rings is 1. The molecule has 5 nitrogen and oxygen atoms in total. The predicted octanol–water partition coefficient (Wildman–Crippen LogP) is 0.327. The van der Waals surface area contributed by atoms with Gasteiger partial charge in [0, 0.05) is 31.5 Å². The van der Waals surface area contributed by atoms with Gasteiger partial charge in [-0.2, -0.15) is 0 Å². The first-order valence-electron chi connectivity index (χ1n) is 5.68. The van der Waals surface area contributed by atoms with Crippen LogP contribution < -0.4 is 15.4 Å². The molecule has 2 heterocycles. The third-order valence-electron chi connectivity index (χ3n) is 2.78. The van der Waals surface area contributed by atoms with E-state index in [1.807, 2.05) is 0 Å². The Kier molecular flexibility index (Phi) is 4.07. The van der Waals surface area contributed by atoms with Gasteiger partial charge in [-0.3, -0.25) is 4.98 Å². The lowest BCUT2D eigenvalue weighted by atomic mass is 10.1. The third-order valence-corrected chi connectivity index (χ3v) is 2.78. The highest BCUT2D eigenvalue weighted by Gasteiger charge is 2.13. The highest BCUT2D eigenvalue weighted by atomic mass is 16.5. The number of nitrogens with zero attached hydrogens (tertiary/aromatic N) is 2. The zero-order chi connectivity index (χ0) is 11.2. The van der Waals surface area contributed by atoms with Crippen molar-refractivity contribution < 1.29 is 4.74 Å². The van der Waals surface area contributed by atoms with E-state index in [2.05, 4.69) is 20.6 Å². The molecule has 1 aliphatic rings. The van der Waals surface area contributed by atoms with Crippen molar-refractivity contribution in [2.75, 3.05) is 20.2 Å². The van der Waals surface area contributed by atoms with Crippen molar-refractivity contribution in [2.45, 2.75) is 25.4 Å². The van der Waals surface area contributed by atoms with E-state index in [0.29, 0.717) is 18.5 Å². The molecule has 0 saturated carbocycles. The fourth-order valence-electron chi connectivity index (χ4n) is 1.91. The summed E-state index contributed by atoms with van der Waals surface area (Å²) >= 11 is 0. The molecule has 1 aromatic heterocycles. The smallest absolute Gasteiger partial charge is 0.236 e. The molecule has 1 aliphatic heterocycles. The summed E-state index contributed by atoms with van der Waals surface area (Å²) < 4.78 is 5.16. The lowest BCUT2D eigenvalue weighted by Crippen LogP contribution is -2.42. The van der Waals surface area contributed by atoms with Crippen molar-refractivity contribution in [1.29, 1.82) is 0 Å². The van der Waals surface area contributed by atoms with Crippen molar-refractivity contribution in [3.05, 3.63) is 18.1 Å². The third kappa shape index (κ3) is 2.90. The molecule has 1 atom stereocenters. The summed E-state index contributed by atoms with van der Waals surface area (Å²) in [7, 11) is 1.62. The number of nitrogens with one attached hydrogen (secondary N) is 2. The first-order chi connectivity index (χ1) is 7.90. The topological polar surface area (TPSA) is 59.1 Å². The minimum atomic E-state index is 0.528. The summed E-state index contributed by atoms with van der Waals surface area (Å²) in [6, 6.07) is 0.528. The van der Waals surface area contributed by atoms with E-state index in [4.69, 9.17) is 4.74 Å². The molecule has 0 amide bonds. The van der Waals surface area contributed by atoms with Crippen LogP contribution in [-0.2, 0) is 6.54 Å². The fourth-order valence-corrected chi connectivity index (χ4v) is 1.91. The number of rotatable bonds is 4. The van der Waals surface area contributed by atoms with Gasteiger partial charge in [0.25, 0.3) is 0 Å². The Balaban J connectivity index is 1.88. The number of hydrogen-bond acceptors (Lipinski definition) is 5. The number of methoxy groups -OCH3 is 1. The number of hydrogen-bond donors (Lipinski definition) is 2. The Morgan fingerprint density at radius 3 is 3.12 bits per heavy atom. The van der Waals surface area contributed by atoms with Crippen LogP contribution in [0.1, 0.15) is 18.5 Å². The summed E-state index contributed by atoms with van der Waals surface area (Å²) in [5.41, 5.74) is 0.871. The Morgan fingerprint density at radius 2 is 2.38 bits per heavy atom. The Morgan fingerprint density at radius 1 is 1.50 bits per heavy atom. The van der Waals surface area contributed by atoms with E-state index >= 15 is 0 Å². The molecule has 2 N–H and O–H groups in total. The van der Waals surface area contributed by atoms with Gasteiger partial charge in [0.15, 0.2) is 0 Å². The molecule has 5 heteroatoms. The van der Waals surface area contributed by atoms with Crippen LogP contribution in [0.4, 0.5) is 0 Å². The van der Waals surface area contributed by atoms with Gasteiger partial charge < -0.3 is 15.4 Å². The van der Waals surface area contributed by atoms with Gasteiger partial charge in [0.05, 0.1) is 7.11 Å². The lowest BCUT2D eigenvalue weighted by Gasteiger charge is -2.23. The van der Waals surface area contributed by atoms with Gasteiger partial charge in [0.1, 0.15) is 5.69 Å². The van der Waals surface area contributed by atoms with E-state index in [1.165, 1.54) is 12.8 Å². The maximum Gasteiger partial charge on any atom is 0.236 e. The highest BCUT2D eigenvalue weighted by Crippen LogP contribution is 2.11. The molecule has 0 spiro atoms. The summed E-state index contributed by atoms with van der Waals surface area (Å²) in [5, 5.41) is 6.84. The number of aromatic nitrogens is 2. The summed E-state index contributed by atoms with van der Waals surface area (Å²) in [4.78, 5) is 8.38. The molecule has 0 unspecified atom stereocenters. The molecule has 1 saturated heterocycles. The highest BCUT2D eigenvalue weighted by molar-refractivity contribution is 5.16. The van der Waals surface area contributed by atoms with Gasteiger partial charge >= 0.3 is 0 Å². The van der Waals surface area contributed by atoms with Gasteiger partial charge in [0.2, 0.25) is 5.88 Å². The van der Waals surface area contributed by atoms with Crippen molar-refractivity contribution in [3.63, 3.8) is 0 Å². The Bertz CT molecular complexity index is 326. The molecule has 2 rings (SSSR count). The largest absolute Gasteiger partial charge is 0.480 e. The molecule has 16 heavy (non-hydrogen) atoms. The average molecular weight is 222 g/mol. The van der Waals surface area contributed by atoms with Gasteiger partial charge in [-0.05, 0) is 19.4 Å². The van der Waals surface area contributed by atoms with Gasteiger partial charge in [-0.1, -0.05) is 0 Å². The molecule has 0 aromatic carbocycles. The van der Waals surface area contributed by atoms with Crippen LogP contribution in [0.3, 0.4) is 0 Å². The van der Waals surface area contributed by atoms with E-state index in [0.717, 1.165) is 18.8 Å². The molecule has 0 radical (unpaired) electrons. The molecule has 88 valence electrons. The van der Waals surface area contributed by atoms with Crippen molar-refractivity contribution in [3.8, 4) is 5.88 Å². The zero-order valence-electron chi connectivity index (χ0n) is 9.57. The van der Waals surface area contributed by atoms with Crippen LogP contribution in [0.15, 0.2) is 12.4 Å². The van der Waals surface area contributed by atoms with Crippen molar-refractivity contribution in [1.82, 2.24) is 20.6 Å². The van der Waals surface area contributed by atoms with Crippen LogP contribution in [0.25, 0.3) is 0 Å². The number of ether oxygens (including phenoxy) is 1. The zero-order valence-corrected chi connectivity index (χ0v) is 9.57. The van der Waals surface area contributed by atoms with Crippen LogP contribution in [-0.4, -0.2) is 36.2 Å². The van der Waals surface area contributed by atoms with Crippen molar-refractivity contribution >= 4 is 0 Å². The predicted molar refractivity (Wildman–Crippen MR) is 61.3 cm³/mol. The lowest BCUT2D eigenvalue weighted by molar-refractivity contribution is 0.367. The molecular formula is C11H18N4O. The first-order valence-corrected chi connectivity index (χ1v) is 5.68. The van der Waals surface area contributed by atoms with Gasteiger partial charge in [-0.25, -0.2) is 4.98 Å². The second-order valence-corrected chi connectivity index (χ2v) is 3.94. The standard InChI is InChI=1S/C11H18N4O/c1-16-11-10(13-5-6-14-11)8-15-9-3-2-4-12-7-9/h5-6,9,12,15H,2-4,7-8H2,1H3/t9-/m0/s1. The minimum Gasteiger partial charge on any atom is -0.480 e. The van der Waals surface area contributed by atoms with Crippen LogP contribution in [0.2, 0.25) is 0 Å².